The van der Waals surface area contributed by atoms with Crippen molar-refractivity contribution in [3.63, 3.8) is 0 Å². The molecule has 0 spiro atoms. The lowest BCUT2D eigenvalue weighted by Crippen LogP contribution is -2.27. The number of imidazole rings is 1. The van der Waals surface area contributed by atoms with Crippen molar-refractivity contribution in [1.29, 1.82) is 0 Å². The molecule has 0 bridgehead atoms. The summed E-state index contributed by atoms with van der Waals surface area (Å²) in [5.74, 6) is 0.175. The molecule has 0 saturated heterocycles. The molecule has 1 heterocycles. The standard InChI is InChI=1S/C13H15N5O3/c1-14-9-3-4-11(18(20)21)10(7-9)13(19)17(2)8-12-15-5-6-16-12/h3-7,14H,8H2,1-2H3,(H,15,16). The maximum absolute atomic E-state index is 12.4. The second kappa shape index (κ2) is 6.04. The molecule has 0 aliphatic carbocycles. The first-order valence-corrected chi connectivity index (χ1v) is 6.23. The van der Waals surface area contributed by atoms with E-state index in [2.05, 4.69) is 15.3 Å². The summed E-state index contributed by atoms with van der Waals surface area (Å²) < 4.78 is 0. The summed E-state index contributed by atoms with van der Waals surface area (Å²) in [6.45, 7) is 0.243. The molecule has 1 amide bonds. The number of carbonyl (C=O) groups excluding carboxylic acids is 1. The number of nitro benzene ring substituents is 1. The van der Waals surface area contributed by atoms with Crippen molar-refractivity contribution in [2.45, 2.75) is 6.54 Å². The second-order valence-corrected chi connectivity index (χ2v) is 4.44. The molecule has 0 unspecified atom stereocenters. The molecule has 0 aliphatic heterocycles. The van der Waals surface area contributed by atoms with E-state index in [1.807, 2.05) is 0 Å². The lowest BCUT2D eigenvalue weighted by atomic mass is 10.1. The second-order valence-electron chi connectivity index (χ2n) is 4.44. The molecule has 8 nitrogen and oxygen atoms in total. The highest BCUT2D eigenvalue weighted by atomic mass is 16.6. The zero-order valence-corrected chi connectivity index (χ0v) is 11.7. The Kier molecular flexibility index (Phi) is 4.17. The van der Waals surface area contributed by atoms with Gasteiger partial charge in [0.25, 0.3) is 11.6 Å². The van der Waals surface area contributed by atoms with Gasteiger partial charge >= 0.3 is 0 Å². The fraction of sp³-hybridized carbons (Fsp3) is 0.231. The summed E-state index contributed by atoms with van der Waals surface area (Å²) in [6.07, 6.45) is 3.23. The zero-order chi connectivity index (χ0) is 15.4. The first kappa shape index (κ1) is 14.5. The van der Waals surface area contributed by atoms with Gasteiger partial charge in [-0.25, -0.2) is 4.98 Å². The molecular formula is C13H15N5O3. The first-order valence-electron chi connectivity index (χ1n) is 6.23. The highest BCUT2D eigenvalue weighted by Crippen LogP contribution is 2.24. The van der Waals surface area contributed by atoms with Crippen molar-refractivity contribution in [2.24, 2.45) is 0 Å². The third-order valence-corrected chi connectivity index (χ3v) is 3.00. The van der Waals surface area contributed by atoms with Crippen molar-refractivity contribution in [3.05, 3.63) is 52.1 Å². The van der Waals surface area contributed by atoms with E-state index in [0.717, 1.165) is 0 Å². The van der Waals surface area contributed by atoms with Crippen LogP contribution in [0, 0.1) is 10.1 Å². The summed E-state index contributed by atoms with van der Waals surface area (Å²) in [6, 6.07) is 4.35. The predicted molar refractivity (Wildman–Crippen MR) is 77.0 cm³/mol. The van der Waals surface area contributed by atoms with E-state index in [1.54, 1.807) is 32.6 Å². The molecule has 2 N–H and O–H groups in total. The van der Waals surface area contributed by atoms with Crippen molar-refractivity contribution >= 4 is 17.3 Å². The number of aromatic amines is 1. The van der Waals surface area contributed by atoms with E-state index < -0.39 is 10.8 Å². The van der Waals surface area contributed by atoms with Gasteiger partial charge in [-0.05, 0) is 12.1 Å². The maximum atomic E-state index is 12.4. The Hall–Kier alpha value is -2.90. The number of nitrogens with one attached hydrogen (secondary N) is 2. The van der Waals surface area contributed by atoms with E-state index in [9.17, 15) is 14.9 Å². The van der Waals surface area contributed by atoms with Gasteiger partial charge in [-0.3, -0.25) is 14.9 Å². The number of benzene rings is 1. The van der Waals surface area contributed by atoms with Gasteiger partial charge < -0.3 is 15.2 Å². The minimum Gasteiger partial charge on any atom is -0.388 e. The third kappa shape index (κ3) is 3.16. The SMILES string of the molecule is CNc1ccc([N+](=O)[O-])c(C(=O)N(C)Cc2ncc[nH]2)c1. The Labute approximate surface area is 121 Å². The van der Waals surface area contributed by atoms with Crippen LogP contribution in [0.25, 0.3) is 0 Å². The van der Waals surface area contributed by atoms with Crippen LogP contribution in [0.4, 0.5) is 11.4 Å². The molecule has 21 heavy (non-hydrogen) atoms. The molecule has 0 atom stereocenters. The molecule has 2 rings (SSSR count). The molecule has 110 valence electrons. The van der Waals surface area contributed by atoms with Crippen molar-refractivity contribution < 1.29 is 9.72 Å². The minimum absolute atomic E-state index is 0.0425. The van der Waals surface area contributed by atoms with Crippen LogP contribution in [0.2, 0.25) is 0 Å². The fourth-order valence-corrected chi connectivity index (χ4v) is 1.91. The highest BCUT2D eigenvalue weighted by Gasteiger charge is 2.23. The zero-order valence-electron chi connectivity index (χ0n) is 11.7. The molecule has 1 aromatic heterocycles. The van der Waals surface area contributed by atoms with Crippen LogP contribution in [-0.2, 0) is 6.54 Å². The monoisotopic (exact) mass is 289 g/mol. The Morgan fingerprint density at radius 1 is 1.52 bits per heavy atom. The number of anilines is 1. The molecule has 0 saturated carbocycles. The van der Waals surface area contributed by atoms with Crippen molar-refractivity contribution in [1.82, 2.24) is 14.9 Å². The van der Waals surface area contributed by atoms with E-state index in [4.69, 9.17) is 0 Å². The first-order chi connectivity index (χ1) is 10.0. The number of H-pyrrole nitrogens is 1. The number of hydrogen-bond acceptors (Lipinski definition) is 5. The predicted octanol–water partition coefficient (Wildman–Crippen LogP) is 1.63. The van der Waals surface area contributed by atoms with Crippen molar-refractivity contribution in [2.75, 3.05) is 19.4 Å². The number of amides is 1. The number of hydrogen-bond donors (Lipinski definition) is 2. The topological polar surface area (TPSA) is 104 Å². The van der Waals surface area contributed by atoms with Gasteiger partial charge in [0.15, 0.2) is 0 Å². The molecule has 0 aliphatic rings. The lowest BCUT2D eigenvalue weighted by molar-refractivity contribution is -0.385. The van der Waals surface area contributed by atoms with E-state index >= 15 is 0 Å². The third-order valence-electron chi connectivity index (χ3n) is 3.00. The molecule has 0 fully saturated rings. The molecule has 1 aromatic carbocycles. The van der Waals surface area contributed by atoms with Crippen molar-refractivity contribution in [3.8, 4) is 0 Å². The quantitative estimate of drug-likeness (QED) is 0.643. The van der Waals surface area contributed by atoms with E-state index in [-0.39, 0.29) is 17.8 Å². The maximum Gasteiger partial charge on any atom is 0.282 e. The van der Waals surface area contributed by atoms with Gasteiger partial charge in [0, 0.05) is 38.2 Å². The number of nitro groups is 1. The molecular weight excluding hydrogens is 274 g/mol. The van der Waals surface area contributed by atoms with Gasteiger partial charge in [-0.15, -0.1) is 0 Å². The number of nitrogens with zero attached hydrogens (tertiary/aromatic N) is 3. The van der Waals surface area contributed by atoms with Crippen LogP contribution >= 0.6 is 0 Å². The summed E-state index contributed by atoms with van der Waals surface area (Å²) in [5.41, 5.74) is 0.460. The average Bonchev–Trinajstić information content (AvgIpc) is 2.98. The summed E-state index contributed by atoms with van der Waals surface area (Å²) >= 11 is 0. The molecule has 0 radical (unpaired) electrons. The van der Waals surface area contributed by atoms with E-state index in [0.29, 0.717) is 11.5 Å². The van der Waals surface area contributed by atoms with Gasteiger partial charge in [-0.1, -0.05) is 0 Å². The normalized spacial score (nSPS) is 10.2. The fourth-order valence-electron chi connectivity index (χ4n) is 1.91. The molecule has 2 aromatic rings. The van der Waals surface area contributed by atoms with E-state index in [1.165, 1.54) is 17.0 Å². The Morgan fingerprint density at radius 3 is 2.86 bits per heavy atom. The summed E-state index contributed by atoms with van der Waals surface area (Å²) in [5, 5.41) is 13.9. The average molecular weight is 289 g/mol. The van der Waals surface area contributed by atoms with Gasteiger partial charge in [-0.2, -0.15) is 0 Å². The number of carbonyl (C=O) groups is 1. The Bertz CT molecular complexity index is 654. The Balaban J connectivity index is 2.30. The van der Waals surface area contributed by atoms with Crippen LogP contribution in [0.15, 0.2) is 30.6 Å². The smallest absolute Gasteiger partial charge is 0.282 e. The Morgan fingerprint density at radius 2 is 2.29 bits per heavy atom. The summed E-state index contributed by atoms with van der Waals surface area (Å²) in [4.78, 5) is 31.2. The van der Waals surface area contributed by atoms with Gasteiger partial charge in [0.05, 0.1) is 11.5 Å². The van der Waals surface area contributed by atoms with Crippen LogP contribution in [-0.4, -0.2) is 39.8 Å². The van der Waals surface area contributed by atoms with Gasteiger partial charge in [0.1, 0.15) is 11.4 Å². The number of aromatic nitrogens is 2. The van der Waals surface area contributed by atoms with Crippen LogP contribution in [0.3, 0.4) is 0 Å². The lowest BCUT2D eigenvalue weighted by Gasteiger charge is -2.16. The van der Waals surface area contributed by atoms with Crippen LogP contribution in [0.5, 0.6) is 0 Å². The minimum atomic E-state index is -0.562. The number of rotatable bonds is 5. The van der Waals surface area contributed by atoms with Crippen LogP contribution in [0.1, 0.15) is 16.2 Å². The largest absolute Gasteiger partial charge is 0.388 e. The van der Waals surface area contributed by atoms with Gasteiger partial charge in [0.2, 0.25) is 0 Å². The summed E-state index contributed by atoms with van der Waals surface area (Å²) in [7, 11) is 3.25. The van der Waals surface area contributed by atoms with Crippen LogP contribution < -0.4 is 5.32 Å². The highest BCUT2D eigenvalue weighted by molar-refractivity contribution is 5.98. The molecule has 8 heteroatoms.